The average molecular weight is 306 g/mol. The van der Waals surface area contributed by atoms with Crippen LogP contribution in [0.3, 0.4) is 0 Å². The fourth-order valence-electron chi connectivity index (χ4n) is 6.27. The normalized spacial score (nSPS) is 57.6. The van der Waals surface area contributed by atoms with Crippen molar-refractivity contribution in [2.45, 2.75) is 77.1 Å². The minimum atomic E-state index is -0.966. The molecule has 0 spiro atoms. The van der Waals surface area contributed by atoms with Gasteiger partial charge in [0.15, 0.2) is 0 Å². The molecule has 4 aliphatic rings. The molecule has 1 saturated heterocycles. The third kappa shape index (κ3) is 1.79. The molecule has 0 aromatic carbocycles. The van der Waals surface area contributed by atoms with Gasteiger partial charge in [0.05, 0.1) is 17.8 Å². The Morgan fingerprint density at radius 1 is 1.14 bits per heavy atom. The molecule has 3 nitrogen and oxygen atoms in total. The second-order valence-corrected chi connectivity index (χ2v) is 9.02. The molecule has 124 valence electrons. The molecule has 1 heterocycles. The first-order valence-corrected chi connectivity index (χ1v) is 9.01. The van der Waals surface area contributed by atoms with Crippen LogP contribution in [0.5, 0.6) is 0 Å². The van der Waals surface area contributed by atoms with Crippen LogP contribution in [0.2, 0.25) is 0 Å². The summed E-state index contributed by atoms with van der Waals surface area (Å²) < 4.78 is 6.15. The molecule has 4 rings (SSSR count). The van der Waals surface area contributed by atoms with Gasteiger partial charge in [-0.3, -0.25) is 0 Å². The molecule has 1 aliphatic heterocycles. The molecule has 2 saturated carbocycles. The zero-order valence-corrected chi connectivity index (χ0v) is 14.1. The van der Waals surface area contributed by atoms with Crippen molar-refractivity contribution >= 4 is 0 Å². The van der Waals surface area contributed by atoms with Crippen molar-refractivity contribution in [3.8, 4) is 0 Å². The molecule has 0 unspecified atom stereocenters. The molecular formula is C19H30O3. The molecule has 3 fully saturated rings. The number of hydrogen-bond acceptors (Lipinski definition) is 3. The Labute approximate surface area is 133 Å². The zero-order valence-electron chi connectivity index (χ0n) is 14.1. The van der Waals surface area contributed by atoms with Gasteiger partial charge >= 0.3 is 0 Å². The zero-order chi connectivity index (χ0) is 15.8. The summed E-state index contributed by atoms with van der Waals surface area (Å²) in [5.41, 5.74) is 0.964. The van der Waals surface area contributed by atoms with E-state index in [1.807, 2.05) is 6.92 Å². The van der Waals surface area contributed by atoms with E-state index in [2.05, 4.69) is 19.9 Å². The Morgan fingerprint density at radius 2 is 1.91 bits per heavy atom. The van der Waals surface area contributed by atoms with E-state index < -0.39 is 11.7 Å². The van der Waals surface area contributed by atoms with E-state index in [9.17, 15) is 10.2 Å². The lowest BCUT2D eigenvalue weighted by molar-refractivity contribution is -0.184. The number of fused-ring (bicyclic) bond motifs is 5. The van der Waals surface area contributed by atoms with Crippen LogP contribution < -0.4 is 0 Å². The summed E-state index contributed by atoms with van der Waals surface area (Å²) in [7, 11) is 0. The molecular weight excluding hydrogens is 276 g/mol. The highest BCUT2D eigenvalue weighted by atomic mass is 16.5. The summed E-state index contributed by atoms with van der Waals surface area (Å²) in [6, 6.07) is 0. The number of rotatable bonds is 0. The highest BCUT2D eigenvalue weighted by Gasteiger charge is 2.60. The first kappa shape index (κ1) is 15.2. The van der Waals surface area contributed by atoms with Crippen molar-refractivity contribution in [3.05, 3.63) is 11.6 Å². The number of allylic oxidation sites excluding steroid dienone is 1. The van der Waals surface area contributed by atoms with Crippen LogP contribution in [-0.4, -0.2) is 34.6 Å². The van der Waals surface area contributed by atoms with Gasteiger partial charge in [0.25, 0.3) is 0 Å². The number of aliphatic hydroxyl groups is 2. The van der Waals surface area contributed by atoms with Crippen LogP contribution in [0.25, 0.3) is 0 Å². The Balaban J connectivity index is 1.74. The van der Waals surface area contributed by atoms with E-state index in [1.165, 1.54) is 24.8 Å². The lowest BCUT2D eigenvalue weighted by atomic mass is 9.47. The standard InChI is InChI=1S/C19H30O3/c1-17-8-6-13-12(16(17)22-11-10-17)4-5-14-18(13,2)9-7-15(20)19(14,3)21/h4,13-16,20-21H,5-11H2,1-3H3/t13-,14+,15+,16-,17+,18+,19-/m0/s1. The number of aliphatic hydroxyl groups excluding tert-OH is 1. The average Bonchev–Trinajstić information content (AvgIpc) is 2.85. The highest BCUT2D eigenvalue weighted by molar-refractivity contribution is 5.29. The third-order valence-corrected chi connectivity index (χ3v) is 7.82. The predicted molar refractivity (Wildman–Crippen MR) is 85.3 cm³/mol. The van der Waals surface area contributed by atoms with Crippen molar-refractivity contribution in [1.82, 2.24) is 0 Å². The fourth-order valence-corrected chi connectivity index (χ4v) is 6.27. The lowest BCUT2D eigenvalue weighted by Gasteiger charge is -2.60. The van der Waals surface area contributed by atoms with Crippen molar-refractivity contribution in [2.24, 2.45) is 22.7 Å². The molecule has 0 aromatic heterocycles. The topological polar surface area (TPSA) is 49.7 Å². The summed E-state index contributed by atoms with van der Waals surface area (Å²) in [4.78, 5) is 0. The van der Waals surface area contributed by atoms with E-state index in [1.54, 1.807) is 0 Å². The summed E-state index contributed by atoms with van der Waals surface area (Å²) >= 11 is 0. The van der Waals surface area contributed by atoms with E-state index in [0.29, 0.717) is 23.9 Å². The minimum absolute atomic E-state index is 0.0973. The maximum absolute atomic E-state index is 10.9. The van der Waals surface area contributed by atoms with Crippen molar-refractivity contribution in [3.63, 3.8) is 0 Å². The van der Waals surface area contributed by atoms with Crippen molar-refractivity contribution in [2.75, 3.05) is 6.61 Å². The van der Waals surface area contributed by atoms with Crippen LogP contribution in [0.4, 0.5) is 0 Å². The Kier molecular flexibility index (Phi) is 3.16. The van der Waals surface area contributed by atoms with Gasteiger partial charge in [0, 0.05) is 6.61 Å². The first-order valence-electron chi connectivity index (χ1n) is 9.01. The molecule has 7 atom stereocenters. The maximum atomic E-state index is 10.9. The molecule has 0 bridgehead atoms. The quantitative estimate of drug-likeness (QED) is 0.676. The molecule has 0 amide bonds. The summed E-state index contributed by atoms with van der Waals surface area (Å²) in [6.45, 7) is 7.48. The molecule has 3 aliphatic carbocycles. The van der Waals surface area contributed by atoms with Gasteiger partial charge < -0.3 is 14.9 Å². The molecule has 3 heteroatoms. The van der Waals surface area contributed by atoms with Gasteiger partial charge in [0.1, 0.15) is 0 Å². The molecule has 0 radical (unpaired) electrons. The van der Waals surface area contributed by atoms with Gasteiger partial charge in [0.2, 0.25) is 0 Å². The van der Waals surface area contributed by atoms with Gasteiger partial charge in [-0.05, 0) is 73.7 Å². The minimum Gasteiger partial charge on any atom is -0.390 e. The molecule has 22 heavy (non-hydrogen) atoms. The monoisotopic (exact) mass is 306 g/mol. The van der Waals surface area contributed by atoms with Crippen LogP contribution in [0.1, 0.15) is 59.3 Å². The number of hydrogen-bond donors (Lipinski definition) is 2. The van der Waals surface area contributed by atoms with Gasteiger partial charge in [-0.1, -0.05) is 19.9 Å². The molecule has 2 N–H and O–H groups in total. The second kappa shape index (κ2) is 4.58. The smallest absolute Gasteiger partial charge is 0.0913 e. The van der Waals surface area contributed by atoms with Crippen LogP contribution in [0.15, 0.2) is 11.6 Å². The van der Waals surface area contributed by atoms with Gasteiger partial charge in [-0.15, -0.1) is 0 Å². The second-order valence-electron chi connectivity index (χ2n) is 9.02. The van der Waals surface area contributed by atoms with Crippen molar-refractivity contribution in [1.29, 1.82) is 0 Å². The number of ether oxygens (including phenoxy) is 1. The van der Waals surface area contributed by atoms with Crippen molar-refractivity contribution < 1.29 is 14.9 Å². The summed E-state index contributed by atoms with van der Waals surface area (Å²) in [6.07, 6.45) is 8.29. The molecule has 0 aromatic rings. The first-order chi connectivity index (χ1) is 10.3. The summed E-state index contributed by atoms with van der Waals surface area (Å²) in [5, 5.41) is 21.2. The fraction of sp³-hybridized carbons (Fsp3) is 0.895. The van der Waals surface area contributed by atoms with E-state index in [4.69, 9.17) is 4.74 Å². The van der Waals surface area contributed by atoms with E-state index >= 15 is 0 Å². The van der Waals surface area contributed by atoms with E-state index in [0.717, 1.165) is 19.4 Å². The lowest BCUT2D eigenvalue weighted by Crippen LogP contribution is -2.61. The van der Waals surface area contributed by atoms with Crippen LogP contribution in [0, 0.1) is 22.7 Å². The highest BCUT2D eigenvalue weighted by Crippen LogP contribution is 2.63. The Morgan fingerprint density at radius 3 is 2.68 bits per heavy atom. The summed E-state index contributed by atoms with van der Waals surface area (Å²) in [5.74, 6) is 0.671. The predicted octanol–water partition coefficient (Wildman–Crippen LogP) is 3.05. The SMILES string of the molecule is C[C@@]12CCO[C@H]1C1=CC[C@H]3[C@](C)(O)[C@H](O)CC[C@]3(C)[C@H]1CC2. The third-order valence-electron chi connectivity index (χ3n) is 7.82. The van der Waals surface area contributed by atoms with E-state index in [-0.39, 0.29) is 11.3 Å². The van der Waals surface area contributed by atoms with Gasteiger partial charge in [-0.2, -0.15) is 0 Å². The maximum Gasteiger partial charge on any atom is 0.0913 e. The Bertz CT molecular complexity index is 511. The van der Waals surface area contributed by atoms with Crippen LogP contribution in [-0.2, 0) is 4.74 Å². The Hall–Kier alpha value is -0.380. The van der Waals surface area contributed by atoms with Crippen LogP contribution >= 0.6 is 0 Å². The largest absolute Gasteiger partial charge is 0.390 e. The van der Waals surface area contributed by atoms with Gasteiger partial charge in [-0.25, -0.2) is 0 Å².